The molecule has 0 bridgehead atoms. The van der Waals surface area contributed by atoms with E-state index < -0.39 is 0 Å². The molecule has 2 rings (SSSR count). The van der Waals surface area contributed by atoms with E-state index in [1.807, 2.05) is 0 Å². The molecule has 1 aliphatic heterocycles. The highest BCUT2D eigenvalue weighted by molar-refractivity contribution is 5.29. The third-order valence-corrected chi connectivity index (χ3v) is 3.40. The molecule has 1 aliphatic rings. The van der Waals surface area contributed by atoms with Crippen LogP contribution in [0.4, 0.5) is 0 Å². The van der Waals surface area contributed by atoms with Gasteiger partial charge in [0.15, 0.2) is 0 Å². The SMILES string of the molecule is CCC1Cc2ccccc2CCN1C. The summed E-state index contributed by atoms with van der Waals surface area (Å²) in [5.74, 6) is 0. The summed E-state index contributed by atoms with van der Waals surface area (Å²) in [5, 5.41) is 0. The average molecular weight is 189 g/mol. The molecule has 0 aliphatic carbocycles. The molecule has 1 aromatic rings. The van der Waals surface area contributed by atoms with Crippen LogP contribution in [0.5, 0.6) is 0 Å². The molecule has 1 heterocycles. The first-order chi connectivity index (χ1) is 6.81. The summed E-state index contributed by atoms with van der Waals surface area (Å²) in [5.41, 5.74) is 3.11. The molecule has 0 amide bonds. The van der Waals surface area contributed by atoms with Gasteiger partial charge in [0.25, 0.3) is 0 Å². The zero-order valence-corrected chi connectivity index (χ0v) is 9.16. The van der Waals surface area contributed by atoms with Crippen molar-refractivity contribution in [2.24, 2.45) is 0 Å². The van der Waals surface area contributed by atoms with Crippen molar-refractivity contribution in [3.05, 3.63) is 35.4 Å². The van der Waals surface area contributed by atoms with Crippen LogP contribution in [0.2, 0.25) is 0 Å². The Hall–Kier alpha value is -0.820. The predicted octanol–water partition coefficient (Wildman–Crippen LogP) is 2.50. The zero-order valence-electron chi connectivity index (χ0n) is 9.16. The van der Waals surface area contributed by atoms with Gasteiger partial charge < -0.3 is 4.90 Å². The minimum atomic E-state index is 0.735. The molecule has 0 aromatic heterocycles. The zero-order chi connectivity index (χ0) is 9.97. The average Bonchev–Trinajstić information content (AvgIpc) is 2.38. The summed E-state index contributed by atoms with van der Waals surface area (Å²) in [4.78, 5) is 2.50. The quantitative estimate of drug-likeness (QED) is 0.656. The van der Waals surface area contributed by atoms with Gasteiger partial charge in [0.2, 0.25) is 0 Å². The van der Waals surface area contributed by atoms with Gasteiger partial charge in [0.05, 0.1) is 0 Å². The molecule has 0 radical (unpaired) electrons. The molecule has 0 saturated carbocycles. The van der Waals surface area contributed by atoms with Gasteiger partial charge in [-0.25, -0.2) is 0 Å². The monoisotopic (exact) mass is 189 g/mol. The minimum absolute atomic E-state index is 0.735. The minimum Gasteiger partial charge on any atom is -0.303 e. The maximum absolute atomic E-state index is 2.50. The first-order valence-electron chi connectivity index (χ1n) is 5.58. The topological polar surface area (TPSA) is 3.24 Å². The van der Waals surface area contributed by atoms with Crippen LogP contribution in [0, 0.1) is 0 Å². The molecule has 0 fully saturated rings. The number of nitrogens with zero attached hydrogens (tertiary/aromatic N) is 1. The molecule has 76 valence electrons. The van der Waals surface area contributed by atoms with E-state index in [1.165, 1.54) is 25.8 Å². The van der Waals surface area contributed by atoms with Crippen LogP contribution >= 0.6 is 0 Å². The third-order valence-electron chi connectivity index (χ3n) is 3.40. The predicted molar refractivity (Wildman–Crippen MR) is 60.6 cm³/mol. The van der Waals surface area contributed by atoms with Gasteiger partial charge in [-0.2, -0.15) is 0 Å². The molecule has 0 saturated heterocycles. The standard InChI is InChI=1S/C13H19N/c1-3-13-10-12-7-5-4-6-11(12)8-9-14(13)2/h4-7,13H,3,8-10H2,1-2H3. The van der Waals surface area contributed by atoms with Gasteiger partial charge in [0, 0.05) is 12.6 Å². The summed E-state index contributed by atoms with van der Waals surface area (Å²) in [6.07, 6.45) is 3.69. The van der Waals surface area contributed by atoms with Crippen molar-refractivity contribution in [3.63, 3.8) is 0 Å². The lowest BCUT2D eigenvalue weighted by Crippen LogP contribution is -2.32. The Morgan fingerprint density at radius 2 is 2.00 bits per heavy atom. The molecular formula is C13H19N. The van der Waals surface area contributed by atoms with Crippen LogP contribution in [0.1, 0.15) is 24.5 Å². The van der Waals surface area contributed by atoms with Crippen molar-refractivity contribution < 1.29 is 0 Å². The molecule has 1 unspecified atom stereocenters. The molecule has 1 nitrogen and oxygen atoms in total. The van der Waals surface area contributed by atoms with Gasteiger partial charge in [0.1, 0.15) is 0 Å². The fraction of sp³-hybridized carbons (Fsp3) is 0.538. The Morgan fingerprint density at radius 1 is 1.29 bits per heavy atom. The summed E-state index contributed by atoms with van der Waals surface area (Å²) in [7, 11) is 2.25. The van der Waals surface area contributed by atoms with E-state index >= 15 is 0 Å². The van der Waals surface area contributed by atoms with Crippen LogP contribution in [0.25, 0.3) is 0 Å². The highest BCUT2D eigenvalue weighted by Crippen LogP contribution is 2.20. The molecule has 1 aromatic carbocycles. The van der Waals surface area contributed by atoms with Gasteiger partial charge in [-0.05, 0) is 37.4 Å². The van der Waals surface area contributed by atoms with Crippen molar-refractivity contribution in [2.75, 3.05) is 13.6 Å². The van der Waals surface area contributed by atoms with Crippen LogP contribution in [-0.4, -0.2) is 24.5 Å². The van der Waals surface area contributed by atoms with Crippen molar-refractivity contribution in [1.29, 1.82) is 0 Å². The summed E-state index contributed by atoms with van der Waals surface area (Å²) >= 11 is 0. The lowest BCUT2D eigenvalue weighted by molar-refractivity contribution is 0.244. The third kappa shape index (κ3) is 1.83. The lowest BCUT2D eigenvalue weighted by Gasteiger charge is -2.24. The van der Waals surface area contributed by atoms with Crippen LogP contribution in [-0.2, 0) is 12.8 Å². The van der Waals surface area contributed by atoms with Crippen molar-refractivity contribution in [2.45, 2.75) is 32.2 Å². The van der Waals surface area contributed by atoms with Crippen LogP contribution in [0.3, 0.4) is 0 Å². The molecule has 1 heteroatoms. The Balaban J connectivity index is 2.26. The number of hydrogen-bond acceptors (Lipinski definition) is 1. The van der Waals surface area contributed by atoms with Crippen LogP contribution in [0.15, 0.2) is 24.3 Å². The highest BCUT2D eigenvalue weighted by atomic mass is 15.1. The fourth-order valence-corrected chi connectivity index (χ4v) is 2.35. The van der Waals surface area contributed by atoms with Gasteiger partial charge in [-0.1, -0.05) is 31.2 Å². The van der Waals surface area contributed by atoms with E-state index in [0.717, 1.165) is 6.04 Å². The van der Waals surface area contributed by atoms with E-state index in [-0.39, 0.29) is 0 Å². The van der Waals surface area contributed by atoms with E-state index in [0.29, 0.717) is 0 Å². The number of likely N-dealkylation sites (N-methyl/N-ethyl adjacent to an activating group) is 1. The smallest absolute Gasteiger partial charge is 0.0130 e. The Bertz CT molecular complexity index is 306. The van der Waals surface area contributed by atoms with Gasteiger partial charge in [-0.15, -0.1) is 0 Å². The second-order valence-corrected chi connectivity index (χ2v) is 4.27. The van der Waals surface area contributed by atoms with E-state index in [2.05, 4.69) is 43.1 Å². The number of rotatable bonds is 1. The van der Waals surface area contributed by atoms with E-state index in [9.17, 15) is 0 Å². The number of hydrogen-bond donors (Lipinski definition) is 0. The molecule has 14 heavy (non-hydrogen) atoms. The maximum Gasteiger partial charge on any atom is 0.0130 e. The largest absolute Gasteiger partial charge is 0.303 e. The second kappa shape index (κ2) is 4.14. The number of benzene rings is 1. The van der Waals surface area contributed by atoms with E-state index in [4.69, 9.17) is 0 Å². The van der Waals surface area contributed by atoms with Gasteiger partial charge in [-0.3, -0.25) is 0 Å². The summed E-state index contributed by atoms with van der Waals surface area (Å²) in [6.45, 7) is 3.49. The molecular weight excluding hydrogens is 170 g/mol. The highest BCUT2D eigenvalue weighted by Gasteiger charge is 2.18. The van der Waals surface area contributed by atoms with Crippen molar-refractivity contribution >= 4 is 0 Å². The lowest BCUT2D eigenvalue weighted by atomic mass is 9.99. The number of fused-ring (bicyclic) bond motifs is 1. The first kappa shape index (κ1) is 9.72. The van der Waals surface area contributed by atoms with Crippen LogP contribution < -0.4 is 0 Å². The fourth-order valence-electron chi connectivity index (χ4n) is 2.35. The van der Waals surface area contributed by atoms with E-state index in [1.54, 1.807) is 11.1 Å². The van der Waals surface area contributed by atoms with Crippen molar-refractivity contribution in [1.82, 2.24) is 4.90 Å². The normalized spacial score (nSPS) is 22.9. The maximum atomic E-state index is 2.50. The first-order valence-corrected chi connectivity index (χ1v) is 5.58. The Kier molecular flexibility index (Phi) is 2.87. The summed E-state index contributed by atoms with van der Waals surface area (Å²) in [6, 6.07) is 9.62. The molecule has 0 N–H and O–H groups in total. The Morgan fingerprint density at radius 3 is 2.71 bits per heavy atom. The van der Waals surface area contributed by atoms with Crippen molar-refractivity contribution in [3.8, 4) is 0 Å². The Labute approximate surface area is 86.7 Å². The molecule has 0 spiro atoms. The second-order valence-electron chi connectivity index (χ2n) is 4.27. The summed E-state index contributed by atoms with van der Waals surface area (Å²) < 4.78 is 0. The van der Waals surface area contributed by atoms with Gasteiger partial charge >= 0.3 is 0 Å². The molecule has 1 atom stereocenters.